The number of quaternary nitrogens is 1. The molecule has 0 rings (SSSR count). The van der Waals surface area contributed by atoms with E-state index >= 15 is 0 Å². The fourth-order valence-corrected chi connectivity index (χ4v) is 0.493. The first-order chi connectivity index (χ1) is 5.31. The average Bonchev–Trinajstić information content (AvgIpc) is 2.08. The quantitative estimate of drug-likeness (QED) is 0.567. The summed E-state index contributed by atoms with van der Waals surface area (Å²) in [5.74, 6) is 0.0449. The van der Waals surface area contributed by atoms with Crippen LogP contribution in [0.25, 0.3) is 0 Å². The molecule has 3 heteroatoms. The zero-order valence-corrected chi connectivity index (χ0v) is 7.94. The van der Waals surface area contributed by atoms with E-state index in [1.54, 1.807) is 0 Å². The van der Waals surface area contributed by atoms with Crippen molar-refractivity contribution in [1.29, 1.82) is 0 Å². The van der Waals surface area contributed by atoms with Crippen molar-refractivity contribution >= 4 is 5.91 Å². The van der Waals surface area contributed by atoms with Crippen LogP contribution in [0.1, 0.15) is 33.6 Å². The number of hydrogen-bond donors (Lipinski definition) is 2. The summed E-state index contributed by atoms with van der Waals surface area (Å²) in [5, 5.41) is 2.73. The van der Waals surface area contributed by atoms with Gasteiger partial charge in [0.15, 0.2) is 6.54 Å². The molecule has 0 aliphatic carbocycles. The molecule has 0 aromatic heterocycles. The second kappa shape index (κ2) is 12.1. The molecule has 0 aliphatic rings. The van der Waals surface area contributed by atoms with Gasteiger partial charge in [0, 0.05) is 6.54 Å². The van der Waals surface area contributed by atoms with Crippen molar-refractivity contribution in [2.24, 2.45) is 0 Å². The van der Waals surface area contributed by atoms with E-state index in [1.807, 2.05) is 13.8 Å². The van der Waals surface area contributed by atoms with Gasteiger partial charge in [-0.1, -0.05) is 27.2 Å². The molecule has 0 aromatic rings. The molecular formula is C8H21N2O+. The van der Waals surface area contributed by atoms with E-state index in [-0.39, 0.29) is 5.91 Å². The minimum atomic E-state index is 0.0449. The SMILES string of the molecule is CC.CCCCNC(=O)C[NH3+]. The molecule has 0 aromatic carbocycles. The van der Waals surface area contributed by atoms with E-state index in [0.29, 0.717) is 6.54 Å². The van der Waals surface area contributed by atoms with Crippen molar-refractivity contribution in [2.75, 3.05) is 13.1 Å². The summed E-state index contributed by atoms with van der Waals surface area (Å²) < 4.78 is 0. The molecule has 0 heterocycles. The van der Waals surface area contributed by atoms with E-state index in [2.05, 4.69) is 18.0 Å². The van der Waals surface area contributed by atoms with Crippen LogP contribution in [0.15, 0.2) is 0 Å². The summed E-state index contributed by atoms with van der Waals surface area (Å²) in [7, 11) is 0. The van der Waals surface area contributed by atoms with Crippen LogP contribution in [0.5, 0.6) is 0 Å². The molecule has 0 radical (unpaired) electrons. The molecule has 68 valence electrons. The van der Waals surface area contributed by atoms with Gasteiger partial charge in [0.05, 0.1) is 0 Å². The first kappa shape index (κ1) is 13.1. The van der Waals surface area contributed by atoms with E-state index in [1.165, 1.54) is 0 Å². The molecule has 0 saturated heterocycles. The monoisotopic (exact) mass is 161 g/mol. The van der Waals surface area contributed by atoms with E-state index in [0.717, 1.165) is 19.4 Å². The molecular weight excluding hydrogens is 140 g/mol. The molecule has 11 heavy (non-hydrogen) atoms. The highest BCUT2D eigenvalue weighted by atomic mass is 16.1. The Morgan fingerprint density at radius 1 is 1.45 bits per heavy atom. The number of unbranched alkanes of at least 4 members (excludes halogenated alkanes) is 1. The van der Waals surface area contributed by atoms with Crippen molar-refractivity contribution in [3.63, 3.8) is 0 Å². The van der Waals surface area contributed by atoms with Gasteiger partial charge in [-0.3, -0.25) is 4.79 Å². The number of carbonyl (C=O) groups is 1. The maximum atomic E-state index is 10.5. The Hall–Kier alpha value is -0.570. The van der Waals surface area contributed by atoms with Crippen LogP contribution in [0, 0.1) is 0 Å². The molecule has 0 spiro atoms. The molecule has 1 amide bonds. The Labute approximate surface area is 69.4 Å². The standard InChI is InChI=1S/C6H14N2O.C2H6/c1-2-3-4-8-6(9)5-7;1-2/h2-5,7H2,1H3,(H,8,9);1-2H3/p+1. The molecule has 3 nitrogen and oxygen atoms in total. The largest absolute Gasteiger partial charge is 0.351 e. The third-order valence-corrected chi connectivity index (χ3v) is 1.08. The van der Waals surface area contributed by atoms with Gasteiger partial charge >= 0.3 is 0 Å². The highest BCUT2D eigenvalue weighted by molar-refractivity contribution is 5.76. The Morgan fingerprint density at radius 2 is 2.00 bits per heavy atom. The maximum absolute atomic E-state index is 10.5. The van der Waals surface area contributed by atoms with Crippen LogP contribution in [-0.4, -0.2) is 19.0 Å². The molecule has 0 aliphatic heterocycles. The van der Waals surface area contributed by atoms with Crippen molar-refractivity contribution in [3.8, 4) is 0 Å². The minimum absolute atomic E-state index is 0.0449. The normalized spacial score (nSPS) is 8.00. The Bertz CT molecular complexity index is 84.2. The number of nitrogens with one attached hydrogen (secondary N) is 1. The van der Waals surface area contributed by atoms with E-state index in [9.17, 15) is 4.79 Å². The molecule has 0 bridgehead atoms. The molecule has 4 N–H and O–H groups in total. The number of amides is 1. The van der Waals surface area contributed by atoms with Gasteiger partial charge < -0.3 is 11.1 Å². The Kier molecular flexibility index (Phi) is 14.4. The highest BCUT2D eigenvalue weighted by Crippen LogP contribution is 1.80. The zero-order valence-electron chi connectivity index (χ0n) is 7.94. The number of carbonyl (C=O) groups excluding carboxylic acids is 1. The fraction of sp³-hybridized carbons (Fsp3) is 0.875. The second-order valence-electron chi connectivity index (χ2n) is 1.95. The molecule has 0 fully saturated rings. The lowest BCUT2D eigenvalue weighted by molar-refractivity contribution is -0.355. The Balaban J connectivity index is 0. The predicted octanol–water partition coefficient (Wildman–Crippen LogP) is 0.171. The van der Waals surface area contributed by atoms with Crippen molar-refractivity contribution in [3.05, 3.63) is 0 Å². The summed E-state index contributed by atoms with van der Waals surface area (Å²) in [4.78, 5) is 10.5. The molecule has 0 unspecified atom stereocenters. The van der Waals surface area contributed by atoms with Crippen molar-refractivity contribution in [1.82, 2.24) is 5.32 Å². The van der Waals surface area contributed by atoms with Crippen LogP contribution in [0.4, 0.5) is 0 Å². The summed E-state index contributed by atoms with van der Waals surface area (Å²) in [6.07, 6.45) is 2.18. The van der Waals surface area contributed by atoms with Gasteiger partial charge in [0.1, 0.15) is 0 Å². The lowest BCUT2D eigenvalue weighted by Gasteiger charge is -1.97. The maximum Gasteiger partial charge on any atom is 0.275 e. The van der Waals surface area contributed by atoms with Crippen LogP contribution >= 0.6 is 0 Å². The average molecular weight is 161 g/mol. The number of rotatable bonds is 4. The van der Waals surface area contributed by atoms with Gasteiger partial charge in [0.25, 0.3) is 5.91 Å². The van der Waals surface area contributed by atoms with Gasteiger partial charge in [-0.2, -0.15) is 0 Å². The predicted molar refractivity (Wildman–Crippen MR) is 47.0 cm³/mol. The van der Waals surface area contributed by atoms with Crippen LogP contribution in [-0.2, 0) is 4.79 Å². The van der Waals surface area contributed by atoms with Gasteiger partial charge in [-0.25, -0.2) is 0 Å². The Morgan fingerprint density at radius 3 is 2.36 bits per heavy atom. The minimum Gasteiger partial charge on any atom is -0.351 e. The summed E-state index contributed by atoms with van der Waals surface area (Å²) in [6, 6.07) is 0. The summed E-state index contributed by atoms with van der Waals surface area (Å²) in [5.41, 5.74) is 3.45. The topological polar surface area (TPSA) is 56.7 Å². The van der Waals surface area contributed by atoms with E-state index in [4.69, 9.17) is 0 Å². The lowest BCUT2D eigenvalue weighted by atomic mass is 10.3. The summed E-state index contributed by atoms with van der Waals surface area (Å²) in [6.45, 7) is 7.24. The fourth-order valence-electron chi connectivity index (χ4n) is 0.493. The smallest absolute Gasteiger partial charge is 0.275 e. The molecule has 0 atom stereocenters. The van der Waals surface area contributed by atoms with Crippen LogP contribution < -0.4 is 11.1 Å². The highest BCUT2D eigenvalue weighted by Gasteiger charge is 1.95. The third-order valence-electron chi connectivity index (χ3n) is 1.08. The van der Waals surface area contributed by atoms with Crippen LogP contribution in [0.2, 0.25) is 0 Å². The van der Waals surface area contributed by atoms with Gasteiger partial charge in [-0.05, 0) is 6.42 Å². The summed E-state index contributed by atoms with van der Waals surface area (Å²) >= 11 is 0. The second-order valence-corrected chi connectivity index (χ2v) is 1.95. The third kappa shape index (κ3) is 12.6. The van der Waals surface area contributed by atoms with Crippen LogP contribution in [0.3, 0.4) is 0 Å². The lowest BCUT2D eigenvalue weighted by Crippen LogP contribution is -2.57. The van der Waals surface area contributed by atoms with Gasteiger partial charge in [-0.15, -0.1) is 0 Å². The first-order valence-electron chi connectivity index (χ1n) is 4.37. The van der Waals surface area contributed by atoms with Crippen molar-refractivity contribution < 1.29 is 10.5 Å². The van der Waals surface area contributed by atoms with Crippen molar-refractivity contribution in [2.45, 2.75) is 33.6 Å². The van der Waals surface area contributed by atoms with Gasteiger partial charge in [0.2, 0.25) is 0 Å². The van der Waals surface area contributed by atoms with E-state index < -0.39 is 0 Å². The molecule has 0 saturated carbocycles. The first-order valence-corrected chi connectivity index (χ1v) is 4.37. The number of hydrogen-bond acceptors (Lipinski definition) is 1. The zero-order chi connectivity index (χ0) is 9.11.